The Bertz CT molecular complexity index is 1800. The van der Waals surface area contributed by atoms with Gasteiger partial charge in [0.15, 0.2) is 11.5 Å². The monoisotopic (exact) mass is 595 g/mol. The molecule has 5 aromatic rings. The summed E-state index contributed by atoms with van der Waals surface area (Å²) in [5.41, 5.74) is 9.74. The van der Waals surface area contributed by atoms with E-state index in [9.17, 15) is 9.59 Å². The molecule has 0 unspecified atom stereocenters. The molecule has 6 rings (SSSR count). The second-order valence-corrected chi connectivity index (χ2v) is 11.6. The summed E-state index contributed by atoms with van der Waals surface area (Å²) in [6.07, 6.45) is 2.99. The first-order valence-electron chi connectivity index (χ1n) is 14.3. The Morgan fingerprint density at radius 3 is 2.39 bits per heavy atom. The molecule has 0 spiro atoms. The van der Waals surface area contributed by atoms with Crippen LogP contribution in [0.5, 0.6) is 0 Å². The summed E-state index contributed by atoms with van der Waals surface area (Å²) in [5.74, 6) is 1.15. The Labute approximate surface area is 253 Å². The van der Waals surface area contributed by atoms with Crippen LogP contribution in [0.4, 0.5) is 22.1 Å². The highest BCUT2D eigenvalue weighted by Gasteiger charge is 2.22. The fourth-order valence-electron chi connectivity index (χ4n) is 4.90. The maximum absolute atomic E-state index is 12.8. The summed E-state index contributed by atoms with van der Waals surface area (Å²) >= 11 is 0. The molecule has 1 fully saturated rings. The molecule has 44 heavy (non-hydrogen) atoms. The van der Waals surface area contributed by atoms with Crippen molar-refractivity contribution in [3.8, 4) is 16.9 Å². The number of nitrogens with zero attached hydrogens (tertiary/aromatic N) is 5. The van der Waals surface area contributed by atoms with Gasteiger partial charge in [-0.15, -0.1) is 0 Å². The van der Waals surface area contributed by atoms with E-state index in [2.05, 4.69) is 31.1 Å². The van der Waals surface area contributed by atoms with Crippen molar-refractivity contribution in [2.45, 2.75) is 45.1 Å². The molecule has 5 N–H and O–H groups in total. The summed E-state index contributed by atoms with van der Waals surface area (Å²) in [6.45, 7) is 7.30. The first kappa shape index (κ1) is 28.8. The Balaban J connectivity index is 1.20. The smallest absolute Gasteiger partial charge is 0.324 e. The minimum absolute atomic E-state index is 0.110. The first-order valence-corrected chi connectivity index (χ1v) is 14.3. The van der Waals surface area contributed by atoms with Gasteiger partial charge in [-0.25, -0.2) is 19.4 Å². The number of nitrogens with two attached hydrogens (primary N) is 1. The van der Waals surface area contributed by atoms with E-state index in [0.717, 1.165) is 18.4 Å². The Kier molecular flexibility index (Phi) is 7.70. The molecule has 13 heteroatoms. The number of rotatable bonds is 6. The van der Waals surface area contributed by atoms with Gasteiger partial charge in [0.2, 0.25) is 0 Å². The Morgan fingerprint density at radius 2 is 1.70 bits per heavy atom. The van der Waals surface area contributed by atoms with Gasteiger partial charge in [0.1, 0.15) is 23.6 Å². The van der Waals surface area contributed by atoms with E-state index in [-0.39, 0.29) is 23.2 Å². The average molecular weight is 596 g/mol. The lowest BCUT2D eigenvalue weighted by Crippen LogP contribution is -2.38. The van der Waals surface area contributed by atoms with Gasteiger partial charge in [-0.1, -0.05) is 38.1 Å². The minimum Gasteiger partial charge on any atom is -0.383 e. The fraction of sp³-hybridized carbons (Fsp3) is 0.290. The minimum atomic E-state index is -0.455. The van der Waals surface area contributed by atoms with E-state index in [1.165, 1.54) is 6.33 Å². The van der Waals surface area contributed by atoms with Crippen LogP contribution in [0, 0.1) is 0 Å². The Hall–Kier alpha value is -5.30. The van der Waals surface area contributed by atoms with Crippen LogP contribution in [0.15, 0.2) is 65.4 Å². The predicted molar refractivity (Wildman–Crippen MR) is 166 cm³/mol. The van der Waals surface area contributed by atoms with Crippen molar-refractivity contribution in [2.75, 3.05) is 29.6 Å². The van der Waals surface area contributed by atoms with Gasteiger partial charge in [0.25, 0.3) is 5.91 Å². The predicted octanol–water partition coefficient (Wildman–Crippen LogP) is 4.90. The SMILES string of the molecule is CC(C)(C)c1cc(NC(=O)Nc2ccc(-n3nc(-c4ccc(C(=O)NC5CCOCC5)cc4)c4c(N)ncnc43)cc2)no1. The van der Waals surface area contributed by atoms with Gasteiger partial charge >= 0.3 is 6.03 Å². The van der Waals surface area contributed by atoms with Crippen molar-refractivity contribution in [3.63, 3.8) is 0 Å². The lowest BCUT2D eigenvalue weighted by Gasteiger charge is -2.23. The normalized spacial score (nSPS) is 14.0. The highest BCUT2D eigenvalue weighted by atomic mass is 16.5. The first-order chi connectivity index (χ1) is 21.2. The molecule has 0 saturated carbocycles. The summed E-state index contributed by atoms with van der Waals surface area (Å²) in [6, 6.07) is 15.7. The van der Waals surface area contributed by atoms with Gasteiger partial charge in [-0.05, 0) is 49.2 Å². The molecule has 0 aliphatic carbocycles. The van der Waals surface area contributed by atoms with Gasteiger partial charge in [-0.3, -0.25) is 10.1 Å². The van der Waals surface area contributed by atoms with Crippen molar-refractivity contribution in [3.05, 3.63) is 72.2 Å². The largest absolute Gasteiger partial charge is 0.383 e. The van der Waals surface area contributed by atoms with E-state index in [1.54, 1.807) is 35.0 Å². The van der Waals surface area contributed by atoms with E-state index in [4.69, 9.17) is 20.1 Å². The highest BCUT2D eigenvalue weighted by molar-refractivity contribution is 6.01. The van der Waals surface area contributed by atoms with Crippen LogP contribution in [-0.2, 0) is 10.2 Å². The van der Waals surface area contributed by atoms with Crippen LogP contribution in [0.1, 0.15) is 49.7 Å². The molecule has 13 nitrogen and oxygen atoms in total. The standard InChI is InChI=1S/C31H33N9O4/c1-31(2,3)23-16-24(39-44-23)37-30(42)36-20-8-10-22(11-9-20)40-28-25(27(32)33-17-34-28)26(38-40)18-4-6-19(7-5-18)29(41)35-21-12-14-43-15-13-21/h4-11,16-17,21H,12-15H2,1-3H3,(H,35,41)(H2,32,33,34)(H2,36,37,39,42). The molecule has 1 aliphatic heterocycles. The van der Waals surface area contributed by atoms with Gasteiger partial charge in [-0.2, -0.15) is 5.10 Å². The van der Waals surface area contributed by atoms with Gasteiger partial charge < -0.3 is 25.6 Å². The molecule has 3 amide bonds. The number of aromatic nitrogens is 5. The third-order valence-corrected chi connectivity index (χ3v) is 7.33. The molecular formula is C31H33N9O4. The second kappa shape index (κ2) is 11.8. The van der Waals surface area contributed by atoms with Crippen molar-refractivity contribution >= 4 is 40.3 Å². The summed E-state index contributed by atoms with van der Waals surface area (Å²) in [7, 11) is 0. The summed E-state index contributed by atoms with van der Waals surface area (Å²) in [5, 5.41) is 17.9. The number of hydrogen-bond acceptors (Lipinski definition) is 9. The van der Waals surface area contributed by atoms with Crippen LogP contribution in [0.2, 0.25) is 0 Å². The average Bonchev–Trinajstić information content (AvgIpc) is 3.64. The lowest BCUT2D eigenvalue weighted by molar-refractivity contribution is 0.0696. The van der Waals surface area contributed by atoms with E-state index in [0.29, 0.717) is 58.5 Å². The van der Waals surface area contributed by atoms with Crippen LogP contribution < -0.4 is 21.7 Å². The van der Waals surface area contributed by atoms with Gasteiger partial charge in [0.05, 0.1) is 11.1 Å². The molecule has 226 valence electrons. The van der Waals surface area contributed by atoms with Crippen LogP contribution >= 0.6 is 0 Å². The molecule has 3 aromatic heterocycles. The number of carbonyl (C=O) groups is 2. The third-order valence-electron chi connectivity index (χ3n) is 7.33. The number of anilines is 3. The molecule has 1 aliphatic rings. The maximum Gasteiger partial charge on any atom is 0.324 e. The number of benzene rings is 2. The molecule has 2 aromatic carbocycles. The van der Waals surface area contributed by atoms with Crippen LogP contribution in [0.25, 0.3) is 28.0 Å². The third kappa shape index (κ3) is 6.08. The number of fused-ring (bicyclic) bond motifs is 1. The molecule has 0 radical (unpaired) electrons. The topological polar surface area (TPSA) is 175 Å². The van der Waals surface area contributed by atoms with Crippen molar-refractivity contribution in [1.29, 1.82) is 0 Å². The van der Waals surface area contributed by atoms with E-state index >= 15 is 0 Å². The molecule has 4 heterocycles. The zero-order valence-electron chi connectivity index (χ0n) is 24.6. The van der Waals surface area contributed by atoms with Crippen LogP contribution in [0.3, 0.4) is 0 Å². The number of amides is 3. The summed E-state index contributed by atoms with van der Waals surface area (Å²) in [4.78, 5) is 34.0. The number of nitrogens with one attached hydrogen (secondary N) is 3. The summed E-state index contributed by atoms with van der Waals surface area (Å²) < 4.78 is 12.4. The van der Waals surface area contributed by atoms with E-state index in [1.807, 2.05) is 45.0 Å². The highest BCUT2D eigenvalue weighted by Crippen LogP contribution is 2.32. The van der Waals surface area contributed by atoms with Gasteiger partial charge in [0, 0.05) is 47.6 Å². The number of ether oxygens (including phenoxy) is 1. The van der Waals surface area contributed by atoms with Crippen molar-refractivity contribution < 1.29 is 18.8 Å². The van der Waals surface area contributed by atoms with Crippen molar-refractivity contribution in [1.82, 2.24) is 30.2 Å². The number of carbonyl (C=O) groups excluding carboxylic acids is 2. The number of hydrogen-bond donors (Lipinski definition) is 4. The second-order valence-electron chi connectivity index (χ2n) is 11.6. The van der Waals surface area contributed by atoms with Crippen molar-refractivity contribution in [2.24, 2.45) is 0 Å². The number of nitrogen functional groups attached to an aromatic ring is 1. The fourth-order valence-corrected chi connectivity index (χ4v) is 4.90. The molecule has 1 saturated heterocycles. The molecule has 0 atom stereocenters. The number of urea groups is 1. The molecular weight excluding hydrogens is 562 g/mol. The zero-order chi connectivity index (χ0) is 30.8. The van der Waals surface area contributed by atoms with E-state index < -0.39 is 6.03 Å². The lowest BCUT2D eigenvalue weighted by atomic mass is 9.93. The zero-order valence-corrected chi connectivity index (χ0v) is 24.6. The quantitative estimate of drug-likeness (QED) is 0.213. The molecule has 0 bridgehead atoms. The Morgan fingerprint density at radius 1 is 0.977 bits per heavy atom. The van der Waals surface area contributed by atoms with Crippen LogP contribution in [-0.4, -0.2) is 56.1 Å². The maximum atomic E-state index is 12.8.